The average Bonchev–Trinajstić information content (AvgIpc) is 3.54. The normalized spacial score (nSPS) is 21.5. The van der Waals surface area contributed by atoms with Crippen LogP contribution in [0.1, 0.15) is 42.1 Å². The van der Waals surface area contributed by atoms with Crippen molar-refractivity contribution in [3.05, 3.63) is 78.1 Å². The molecule has 2 fully saturated rings. The minimum Gasteiger partial charge on any atom is -0.468 e. The number of carbonyl (C=O) groups is 3. The number of carbonyl (C=O) groups excluding carboxylic acids is 3. The van der Waals surface area contributed by atoms with Crippen LogP contribution in [0.3, 0.4) is 0 Å². The van der Waals surface area contributed by atoms with E-state index in [1.54, 1.807) is 24.0 Å². The summed E-state index contributed by atoms with van der Waals surface area (Å²) in [6.07, 6.45) is 1.03. The summed E-state index contributed by atoms with van der Waals surface area (Å²) in [4.78, 5) is 42.7. The molecule has 0 spiro atoms. The number of hydrogen-bond donors (Lipinski definition) is 2. The predicted molar refractivity (Wildman–Crippen MR) is 144 cm³/mol. The van der Waals surface area contributed by atoms with E-state index >= 15 is 0 Å². The minimum absolute atomic E-state index is 0.259. The van der Waals surface area contributed by atoms with Crippen LogP contribution >= 0.6 is 0 Å². The van der Waals surface area contributed by atoms with Gasteiger partial charge in [-0.15, -0.1) is 0 Å². The Kier molecular flexibility index (Phi) is 8.68. The highest BCUT2D eigenvalue weighted by molar-refractivity contribution is 5.98. The highest BCUT2D eigenvalue weighted by Gasteiger charge is 2.40. The lowest BCUT2D eigenvalue weighted by Gasteiger charge is -2.28. The van der Waals surface area contributed by atoms with Gasteiger partial charge >= 0.3 is 0 Å². The molecule has 0 radical (unpaired) electrons. The van der Waals surface area contributed by atoms with Crippen molar-refractivity contribution in [2.75, 3.05) is 25.5 Å². The molecule has 38 heavy (non-hydrogen) atoms. The fraction of sp³-hybridized carbons (Fsp3) is 0.414. The molecule has 0 bridgehead atoms. The number of amides is 3. The van der Waals surface area contributed by atoms with Gasteiger partial charge in [0.1, 0.15) is 12.1 Å². The van der Waals surface area contributed by atoms with Crippen molar-refractivity contribution in [2.24, 2.45) is 0 Å². The maximum absolute atomic E-state index is 13.3. The molecular weight excluding hydrogens is 484 g/mol. The fourth-order valence-electron chi connectivity index (χ4n) is 4.74. The molecule has 4 unspecified atom stereocenters. The van der Waals surface area contributed by atoms with Crippen LogP contribution in [0.25, 0.3) is 0 Å². The van der Waals surface area contributed by atoms with Gasteiger partial charge in [0.15, 0.2) is 0 Å². The van der Waals surface area contributed by atoms with Crippen LogP contribution in [0.15, 0.2) is 66.9 Å². The van der Waals surface area contributed by atoms with Gasteiger partial charge in [0, 0.05) is 38.3 Å². The molecule has 2 aromatic carbocycles. The molecule has 0 saturated carbocycles. The van der Waals surface area contributed by atoms with Gasteiger partial charge in [-0.2, -0.15) is 0 Å². The van der Waals surface area contributed by atoms with Crippen LogP contribution < -0.4 is 15.5 Å². The molecule has 2 N–H and O–H groups in total. The quantitative estimate of drug-likeness (QED) is 0.528. The van der Waals surface area contributed by atoms with E-state index in [2.05, 4.69) is 17.2 Å². The molecule has 2 aliphatic heterocycles. The van der Waals surface area contributed by atoms with E-state index in [0.29, 0.717) is 43.7 Å². The first-order valence-electron chi connectivity index (χ1n) is 12.9. The lowest BCUT2D eigenvalue weighted by atomic mass is 10.1. The summed E-state index contributed by atoms with van der Waals surface area (Å²) in [6, 6.07) is 15.1. The Bertz CT molecular complexity index is 1150. The third-order valence-corrected chi connectivity index (χ3v) is 6.85. The van der Waals surface area contributed by atoms with E-state index in [9.17, 15) is 14.4 Å². The standard InChI is InChI=1S/C29H36N4O5/c1-19-17-24(29(38-19)37-18-21-9-6-5-7-10-21)31-27(35)25-11-8-16-33(25)28(36)20(2)30-26(34)22-12-14-23(15-13-22)32(3)4/h5-7,9-10,12-15,20,24-25,29H,1,8,11,16-18H2,2-4H3,(H,30,34)(H,31,35). The van der Waals surface area contributed by atoms with Crippen molar-refractivity contribution in [1.29, 1.82) is 0 Å². The third kappa shape index (κ3) is 6.52. The molecule has 2 saturated heterocycles. The molecule has 4 atom stereocenters. The van der Waals surface area contributed by atoms with Crippen molar-refractivity contribution in [2.45, 2.75) is 57.2 Å². The Morgan fingerprint density at radius 1 is 1.13 bits per heavy atom. The molecule has 2 aliphatic rings. The molecular formula is C29H36N4O5. The van der Waals surface area contributed by atoms with Gasteiger partial charge in [-0.3, -0.25) is 14.4 Å². The van der Waals surface area contributed by atoms with Crippen LogP contribution in [0.5, 0.6) is 0 Å². The van der Waals surface area contributed by atoms with E-state index in [4.69, 9.17) is 9.47 Å². The van der Waals surface area contributed by atoms with Crippen molar-refractivity contribution in [1.82, 2.24) is 15.5 Å². The van der Waals surface area contributed by atoms with Crippen molar-refractivity contribution in [3.63, 3.8) is 0 Å². The Hall–Kier alpha value is -3.85. The summed E-state index contributed by atoms with van der Waals surface area (Å²) in [5.74, 6) is -0.339. The van der Waals surface area contributed by atoms with Gasteiger partial charge in [-0.05, 0) is 49.6 Å². The van der Waals surface area contributed by atoms with E-state index in [0.717, 1.165) is 11.3 Å². The maximum atomic E-state index is 13.3. The first-order valence-corrected chi connectivity index (χ1v) is 12.9. The molecule has 3 amide bonds. The topological polar surface area (TPSA) is 100 Å². The van der Waals surface area contributed by atoms with E-state index in [1.165, 1.54) is 0 Å². The van der Waals surface area contributed by atoms with Crippen molar-refractivity contribution in [3.8, 4) is 0 Å². The number of nitrogens with zero attached hydrogens (tertiary/aromatic N) is 2. The second kappa shape index (κ2) is 12.1. The Morgan fingerprint density at radius 2 is 1.84 bits per heavy atom. The number of anilines is 1. The second-order valence-electron chi connectivity index (χ2n) is 9.97. The molecule has 202 valence electrons. The summed E-state index contributed by atoms with van der Waals surface area (Å²) in [5, 5.41) is 5.78. The minimum atomic E-state index is -0.777. The molecule has 9 nitrogen and oxygen atoms in total. The zero-order valence-electron chi connectivity index (χ0n) is 22.2. The van der Waals surface area contributed by atoms with Gasteiger partial charge in [0.2, 0.25) is 18.1 Å². The number of likely N-dealkylation sites (tertiary alicyclic amines) is 1. The first kappa shape index (κ1) is 27.2. The van der Waals surface area contributed by atoms with Gasteiger partial charge < -0.3 is 29.9 Å². The number of nitrogens with one attached hydrogen (secondary N) is 2. The highest BCUT2D eigenvalue weighted by Crippen LogP contribution is 2.26. The fourth-order valence-corrected chi connectivity index (χ4v) is 4.74. The zero-order chi connectivity index (χ0) is 27.2. The third-order valence-electron chi connectivity index (χ3n) is 6.85. The molecule has 0 aliphatic carbocycles. The maximum Gasteiger partial charge on any atom is 0.251 e. The molecule has 2 heterocycles. The Labute approximate surface area is 223 Å². The van der Waals surface area contributed by atoms with E-state index in [-0.39, 0.29) is 17.7 Å². The summed E-state index contributed by atoms with van der Waals surface area (Å²) >= 11 is 0. The lowest BCUT2D eigenvalue weighted by Crippen LogP contribution is -2.54. The summed E-state index contributed by atoms with van der Waals surface area (Å²) < 4.78 is 11.6. The van der Waals surface area contributed by atoms with Crippen molar-refractivity contribution >= 4 is 23.4 Å². The van der Waals surface area contributed by atoms with Gasteiger partial charge in [0.25, 0.3) is 5.91 Å². The lowest BCUT2D eigenvalue weighted by molar-refractivity contribution is -0.142. The second-order valence-corrected chi connectivity index (χ2v) is 9.97. The van der Waals surface area contributed by atoms with Gasteiger partial charge in [0.05, 0.1) is 18.4 Å². The predicted octanol–water partition coefficient (Wildman–Crippen LogP) is 2.82. The van der Waals surface area contributed by atoms with Crippen LogP contribution in [0.2, 0.25) is 0 Å². The first-order chi connectivity index (χ1) is 18.2. The number of hydrogen-bond acceptors (Lipinski definition) is 6. The smallest absolute Gasteiger partial charge is 0.251 e. The summed E-state index contributed by atoms with van der Waals surface area (Å²) in [7, 11) is 3.85. The van der Waals surface area contributed by atoms with E-state index in [1.807, 2.05) is 61.5 Å². The molecule has 0 aromatic heterocycles. The van der Waals surface area contributed by atoms with Gasteiger partial charge in [-0.1, -0.05) is 36.9 Å². The number of ether oxygens (including phenoxy) is 2. The summed E-state index contributed by atoms with van der Waals surface area (Å²) in [6.45, 7) is 6.33. The summed E-state index contributed by atoms with van der Waals surface area (Å²) in [5.41, 5.74) is 2.44. The van der Waals surface area contributed by atoms with Gasteiger partial charge in [-0.25, -0.2) is 0 Å². The van der Waals surface area contributed by atoms with Crippen LogP contribution in [-0.4, -0.2) is 67.7 Å². The van der Waals surface area contributed by atoms with E-state index < -0.39 is 24.4 Å². The average molecular weight is 521 g/mol. The molecule has 4 rings (SSSR count). The monoisotopic (exact) mass is 520 g/mol. The number of rotatable bonds is 9. The van der Waals surface area contributed by atoms with Crippen LogP contribution in [0.4, 0.5) is 5.69 Å². The molecule has 2 aromatic rings. The Morgan fingerprint density at radius 3 is 2.53 bits per heavy atom. The SMILES string of the molecule is C=C1CC(NC(=O)C2CCCN2C(=O)C(C)NC(=O)c2ccc(N(C)C)cc2)C(OCc2ccccc2)O1. The largest absolute Gasteiger partial charge is 0.468 e. The van der Waals surface area contributed by atoms with Crippen LogP contribution in [0, 0.1) is 0 Å². The van der Waals surface area contributed by atoms with Crippen molar-refractivity contribution < 1.29 is 23.9 Å². The number of benzene rings is 2. The zero-order valence-corrected chi connectivity index (χ0v) is 22.2. The van der Waals surface area contributed by atoms with Crippen LogP contribution in [-0.2, 0) is 25.7 Å². The molecule has 9 heteroatoms. The Balaban J connectivity index is 1.33. The highest BCUT2D eigenvalue weighted by atomic mass is 16.7.